The van der Waals surface area contributed by atoms with E-state index in [2.05, 4.69) is 40.6 Å². The topological polar surface area (TPSA) is 57.2 Å². The molecule has 0 fully saturated rings. The number of nitrogens with two attached hydrogens (primary N) is 1. The van der Waals surface area contributed by atoms with Gasteiger partial charge in [0.25, 0.3) is 0 Å². The fourth-order valence-corrected chi connectivity index (χ4v) is 2.82. The highest BCUT2D eigenvalue weighted by Gasteiger charge is 2.15. The Morgan fingerprint density at radius 1 is 1.19 bits per heavy atom. The first-order valence-electron chi connectivity index (χ1n) is 6.91. The largest absolute Gasteiger partial charge is 0.468 e. The third kappa shape index (κ3) is 2.28. The first kappa shape index (κ1) is 13.6. The van der Waals surface area contributed by atoms with Gasteiger partial charge in [-0.2, -0.15) is 0 Å². The molecule has 4 nitrogen and oxygen atoms in total. The fourth-order valence-electron chi connectivity index (χ4n) is 2.82. The van der Waals surface area contributed by atoms with Crippen LogP contribution in [0.4, 0.5) is 0 Å². The number of carbonyl (C=O) groups excluding carboxylic acids is 1. The lowest BCUT2D eigenvalue weighted by molar-refractivity contribution is -0.142. The molecule has 0 bridgehead atoms. The standard InChI is InChI=1S/C17H18N2O2/c1-19-15-6-4-3-5-12(15)13-8-7-11(10-16(13)19)9-14(18)17(20)21-2/h3-8,10,14H,9,18H2,1-2H3. The SMILES string of the molecule is COC(=O)C(N)Cc1ccc2c3ccccc3n(C)c2c1. The third-order valence-corrected chi connectivity index (χ3v) is 3.94. The molecule has 3 aromatic rings. The van der Waals surface area contributed by atoms with Crippen molar-refractivity contribution in [1.82, 2.24) is 4.57 Å². The van der Waals surface area contributed by atoms with Crippen LogP contribution < -0.4 is 5.73 Å². The number of carbonyl (C=O) groups is 1. The molecule has 0 amide bonds. The Morgan fingerprint density at radius 2 is 1.90 bits per heavy atom. The van der Waals surface area contributed by atoms with Crippen LogP contribution in [0.5, 0.6) is 0 Å². The van der Waals surface area contributed by atoms with Crippen molar-refractivity contribution in [3.8, 4) is 0 Å². The van der Waals surface area contributed by atoms with E-state index in [-0.39, 0.29) is 5.97 Å². The van der Waals surface area contributed by atoms with E-state index in [0.29, 0.717) is 6.42 Å². The van der Waals surface area contributed by atoms with Crippen molar-refractivity contribution in [2.45, 2.75) is 12.5 Å². The van der Waals surface area contributed by atoms with Gasteiger partial charge in [0.1, 0.15) is 6.04 Å². The summed E-state index contributed by atoms with van der Waals surface area (Å²) in [5.74, 6) is -0.382. The number of hydrogen-bond acceptors (Lipinski definition) is 3. The van der Waals surface area contributed by atoms with Gasteiger partial charge in [-0.05, 0) is 24.1 Å². The Kier molecular flexibility index (Phi) is 3.39. The summed E-state index contributed by atoms with van der Waals surface area (Å²) in [5.41, 5.74) is 9.21. The lowest BCUT2D eigenvalue weighted by Crippen LogP contribution is -2.33. The second-order valence-corrected chi connectivity index (χ2v) is 5.26. The molecule has 0 spiro atoms. The maximum Gasteiger partial charge on any atom is 0.322 e. The van der Waals surface area contributed by atoms with Gasteiger partial charge in [-0.15, -0.1) is 0 Å². The minimum Gasteiger partial charge on any atom is -0.468 e. The summed E-state index contributed by atoms with van der Waals surface area (Å²) in [6.07, 6.45) is 0.476. The molecule has 0 saturated carbocycles. The number of rotatable bonds is 3. The summed E-state index contributed by atoms with van der Waals surface area (Å²) < 4.78 is 6.84. The Balaban J connectivity index is 2.06. The van der Waals surface area contributed by atoms with E-state index in [0.717, 1.165) is 11.1 Å². The molecular formula is C17H18N2O2. The molecule has 1 heterocycles. The summed E-state index contributed by atoms with van der Waals surface area (Å²) in [4.78, 5) is 11.4. The Labute approximate surface area is 123 Å². The highest BCUT2D eigenvalue weighted by atomic mass is 16.5. The van der Waals surface area contributed by atoms with Crippen molar-refractivity contribution in [2.24, 2.45) is 12.8 Å². The van der Waals surface area contributed by atoms with E-state index in [4.69, 9.17) is 5.73 Å². The molecule has 0 aliphatic rings. The lowest BCUT2D eigenvalue weighted by atomic mass is 10.0. The van der Waals surface area contributed by atoms with Crippen LogP contribution in [0.15, 0.2) is 42.5 Å². The van der Waals surface area contributed by atoms with E-state index in [1.54, 1.807) is 0 Å². The summed E-state index contributed by atoms with van der Waals surface area (Å²) in [5, 5.41) is 2.45. The molecule has 108 valence electrons. The van der Waals surface area contributed by atoms with Gasteiger partial charge < -0.3 is 15.0 Å². The molecule has 21 heavy (non-hydrogen) atoms. The van der Waals surface area contributed by atoms with E-state index in [9.17, 15) is 4.79 Å². The second kappa shape index (κ2) is 5.22. The van der Waals surface area contributed by atoms with Crippen LogP contribution in [0, 0.1) is 0 Å². The van der Waals surface area contributed by atoms with E-state index < -0.39 is 6.04 Å². The normalized spacial score (nSPS) is 12.7. The smallest absolute Gasteiger partial charge is 0.322 e. The molecule has 0 aliphatic heterocycles. The molecule has 2 aromatic carbocycles. The maximum absolute atomic E-state index is 11.4. The van der Waals surface area contributed by atoms with Crippen molar-refractivity contribution in [3.05, 3.63) is 48.0 Å². The summed E-state index contributed by atoms with van der Waals surface area (Å²) >= 11 is 0. The minimum absolute atomic E-state index is 0.382. The van der Waals surface area contributed by atoms with Crippen molar-refractivity contribution in [1.29, 1.82) is 0 Å². The minimum atomic E-state index is -0.623. The first-order chi connectivity index (χ1) is 10.1. The second-order valence-electron chi connectivity index (χ2n) is 5.26. The quantitative estimate of drug-likeness (QED) is 0.750. The average Bonchev–Trinajstić information content (AvgIpc) is 2.80. The number of methoxy groups -OCH3 is 1. The summed E-state index contributed by atoms with van der Waals surface area (Å²) in [6, 6.07) is 13.9. The zero-order valence-electron chi connectivity index (χ0n) is 12.2. The number of aryl methyl sites for hydroxylation is 1. The molecular weight excluding hydrogens is 264 g/mol. The van der Waals surface area contributed by atoms with Crippen LogP contribution in [0.1, 0.15) is 5.56 Å². The van der Waals surface area contributed by atoms with Crippen molar-refractivity contribution >= 4 is 27.8 Å². The molecule has 0 aliphatic carbocycles. The molecule has 1 unspecified atom stereocenters. The van der Waals surface area contributed by atoms with Crippen molar-refractivity contribution < 1.29 is 9.53 Å². The van der Waals surface area contributed by atoms with Crippen LogP contribution in [-0.4, -0.2) is 23.7 Å². The molecule has 1 aromatic heterocycles. The van der Waals surface area contributed by atoms with Crippen molar-refractivity contribution in [2.75, 3.05) is 7.11 Å². The molecule has 2 N–H and O–H groups in total. The fraction of sp³-hybridized carbons (Fsp3) is 0.235. The van der Waals surface area contributed by atoms with Gasteiger partial charge in [-0.25, -0.2) is 0 Å². The predicted molar refractivity (Wildman–Crippen MR) is 84.1 cm³/mol. The van der Waals surface area contributed by atoms with Gasteiger partial charge in [0, 0.05) is 28.9 Å². The van der Waals surface area contributed by atoms with E-state index in [1.165, 1.54) is 23.4 Å². The number of fused-ring (bicyclic) bond motifs is 3. The van der Waals surface area contributed by atoms with E-state index >= 15 is 0 Å². The number of esters is 1. The number of nitrogens with zero attached hydrogens (tertiary/aromatic N) is 1. The summed E-state index contributed by atoms with van der Waals surface area (Å²) in [7, 11) is 3.41. The van der Waals surface area contributed by atoms with Crippen LogP contribution in [0.3, 0.4) is 0 Å². The lowest BCUT2D eigenvalue weighted by Gasteiger charge is -2.09. The van der Waals surface area contributed by atoms with Crippen LogP contribution in [0.25, 0.3) is 21.8 Å². The van der Waals surface area contributed by atoms with Crippen LogP contribution in [-0.2, 0) is 23.0 Å². The van der Waals surface area contributed by atoms with Crippen LogP contribution >= 0.6 is 0 Å². The van der Waals surface area contributed by atoms with Gasteiger partial charge >= 0.3 is 5.97 Å². The van der Waals surface area contributed by atoms with Crippen LogP contribution in [0.2, 0.25) is 0 Å². The number of benzene rings is 2. The molecule has 0 radical (unpaired) electrons. The third-order valence-electron chi connectivity index (χ3n) is 3.94. The maximum atomic E-state index is 11.4. The Hall–Kier alpha value is -2.33. The number of aromatic nitrogens is 1. The number of para-hydroxylation sites is 1. The van der Waals surface area contributed by atoms with E-state index in [1.807, 2.05) is 18.2 Å². The average molecular weight is 282 g/mol. The molecule has 4 heteroatoms. The Bertz CT molecular complexity index is 820. The van der Waals surface area contributed by atoms with Gasteiger partial charge in [0.15, 0.2) is 0 Å². The highest BCUT2D eigenvalue weighted by Crippen LogP contribution is 2.28. The number of hydrogen-bond donors (Lipinski definition) is 1. The first-order valence-corrected chi connectivity index (χ1v) is 6.91. The predicted octanol–water partition coefficient (Wildman–Crippen LogP) is 2.37. The van der Waals surface area contributed by atoms with Gasteiger partial charge in [-0.3, -0.25) is 4.79 Å². The summed E-state index contributed by atoms with van der Waals surface area (Å²) in [6.45, 7) is 0. The van der Waals surface area contributed by atoms with Gasteiger partial charge in [-0.1, -0.05) is 30.3 Å². The molecule has 3 rings (SSSR count). The monoisotopic (exact) mass is 282 g/mol. The molecule has 1 atom stereocenters. The molecule has 0 saturated heterocycles. The number of ether oxygens (including phenoxy) is 1. The highest BCUT2D eigenvalue weighted by molar-refractivity contribution is 6.08. The van der Waals surface area contributed by atoms with Gasteiger partial charge in [0.2, 0.25) is 0 Å². The van der Waals surface area contributed by atoms with Crippen molar-refractivity contribution in [3.63, 3.8) is 0 Å². The zero-order chi connectivity index (χ0) is 15.0. The Morgan fingerprint density at radius 3 is 2.67 bits per heavy atom. The van der Waals surface area contributed by atoms with Gasteiger partial charge in [0.05, 0.1) is 7.11 Å². The zero-order valence-corrected chi connectivity index (χ0v) is 12.2.